The first-order valence-corrected chi connectivity index (χ1v) is 6.83. The molecule has 0 radical (unpaired) electrons. The molecule has 0 spiro atoms. The van der Waals surface area contributed by atoms with E-state index in [0.717, 1.165) is 22.3 Å². The lowest BCUT2D eigenvalue weighted by molar-refractivity contribution is 0.429. The lowest BCUT2D eigenvalue weighted by Crippen LogP contribution is -1.86. The summed E-state index contributed by atoms with van der Waals surface area (Å²) in [6.45, 7) is 0. The highest BCUT2D eigenvalue weighted by Gasteiger charge is 2.08. The zero-order valence-corrected chi connectivity index (χ0v) is 11.0. The highest BCUT2D eigenvalue weighted by molar-refractivity contribution is 7.12. The van der Waals surface area contributed by atoms with E-state index in [1.54, 1.807) is 0 Å². The number of para-hydroxylation sites is 2. The van der Waals surface area contributed by atoms with Gasteiger partial charge in [-0.05, 0) is 35.7 Å². The van der Waals surface area contributed by atoms with Gasteiger partial charge in [0.2, 0.25) is 5.06 Å². The largest absolute Gasteiger partial charge is 0.452 e. The van der Waals surface area contributed by atoms with E-state index in [2.05, 4.69) is 0 Å². The maximum absolute atomic E-state index is 5.82. The normalized spacial score (nSPS) is 10.1. The molecule has 0 atom stereocenters. The highest BCUT2D eigenvalue weighted by Crippen LogP contribution is 2.39. The highest BCUT2D eigenvalue weighted by atomic mass is 32.1. The maximum Gasteiger partial charge on any atom is 0.223 e. The zero-order chi connectivity index (χ0) is 12.9. The van der Waals surface area contributed by atoms with Crippen LogP contribution in [-0.4, -0.2) is 0 Å². The minimum atomic E-state index is 0.736. The fraction of sp³-hybridized carbons (Fsp3) is 0. The van der Waals surface area contributed by atoms with E-state index in [4.69, 9.17) is 9.47 Å². The third-order valence-electron chi connectivity index (χ3n) is 2.52. The van der Waals surface area contributed by atoms with Crippen LogP contribution in [0.4, 0.5) is 0 Å². The van der Waals surface area contributed by atoms with Crippen molar-refractivity contribution < 1.29 is 9.47 Å². The van der Waals surface area contributed by atoms with Gasteiger partial charge in [-0.1, -0.05) is 36.4 Å². The summed E-state index contributed by atoms with van der Waals surface area (Å²) in [4.78, 5) is 0. The Balaban J connectivity index is 1.79. The molecule has 94 valence electrons. The second kappa shape index (κ2) is 5.59. The first kappa shape index (κ1) is 11.8. The molecule has 2 nitrogen and oxygen atoms in total. The van der Waals surface area contributed by atoms with Crippen molar-refractivity contribution in [1.29, 1.82) is 0 Å². The van der Waals surface area contributed by atoms with E-state index in [1.807, 2.05) is 72.1 Å². The van der Waals surface area contributed by atoms with Gasteiger partial charge in [-0.2, -0.15) is 0 Å². The van der Waals surface area contributed by atoms with E-state index in [9.17, 15) is 0 Å². The van der Waals surface area contributed by atoms with Crippen molar-refractivity contribution in [3.8, 4) is 22.3 Å². The minimum Gasteiger partial charge on any atom is -0.452 e. The summed E-state index contributed by atoms with van der Waals surface area (Å²) < 4.78 is 11.6. The second-order valence-electron chi connectivity index (χ2n) is 3.90. The molecule has 3 aromatic rings. The maximum atomic E-state index is 5.82. The van der Waals surface area contributed by atoms with Gasteiger partial charge in [0.1, 0.15) is 11.5 Å². The molecule has 0 N–H and O–H groups in total. The van der Waals surface area contributed by atoms with Crippen molar-refractivity contribution in [2.45, 2.75) is 0 Å². The lowest BCUT2D eigenvalue weighted by atomic mass is 10.3. The molecule has 0 aliphatic heterocycles. The molecule has 1 aromatic heterocycles. The summed E-state index contributed by atoms with van der Waals surface area (Å²) in [7, 11) is 0. The molecule has 3 heteroatoms. The summed E-state index contributed by atoms with van der Waals surface area (Å²) in [6.07, 6.45) is 0. The average molecular weight is 268 g/mol. The number of hydrogen-bond donors (Lipinski definition) is 0. The molecule has 0 bridgehead atoms. The molecule has 3 rings (SSSR count). The van der Waals surface area contributed by atoms with Gasteiger partial charge in [-0.15, -0.1) is 11.3 Å². The van der Waals surface area contributed by atoms with E-state index < -0.39 is 0 Å². The van der Waals surface area contributed by atoms with Crippen LogP contribution in [-0.2, 0) is 0 Å². The SMILES string of the molecule is c1ccc(Oc2ccsc2Oc2ccccc2)cc1. The summed E-state index contributed by atoms with van der Waals surface area (Å²) in [5, 5.41) is 2.71. The Morgan fingerprint density at radius 2 is 1.21 bits per heavy atom. The molecule has 0 saturated carbocycles. The molecule has 0 aliphatic rings. The smallest absolute Gasteiger partial charge is 0.223 e. The number of hydrogen-bond acceptors (Lipinski definition) is 3. The summed E-state index contributed by atoms with van der Waals surface area (Å²) in [6, 6.07) is 21.3. The van der Waals surface area contributed by atoms with Crippen molar-refractivity contribution in [2.75, 3.05) is 0 Å². The van der Waals surface area contributed by atoms with Crippen molar-refractivity contribution in [1.82, 2.24) is 0 Å². The van der Waals surface area contributed by atoms with Gasteiger partial charge in [0.25, 0.3) is 0 Å². The molecule has 19 heavy (non-hydrogen) atoms. The lowest BCUT2D eigenvalue weighted by Gasteiger charge is -2.07. The van der Waals surface area contributed by atoms with Crippen molar-refractivity contribution in [2.24, 2.45) is 0 Å². The van der Waals surface area contributed by atoms with Crippen LogP contribution in [0.2, 0.25) is 0 Å². The molecule has 1 heterocycles. The summed E-state index contributed by atoms with van der Waals surface area (Å²) in [5.74, 6) is 2.35. The summed E-state index contributed by atoms with van der Waals surface area (Å²) in [5.41, 5.74) is 0. The van der Waals surface area contributed by atoms with E-state index >= 15 is 0 Å². The first-order valence-electron chi connectivity index (χ1n) is 5.95. The molecule has 0 fully saturated rings. The van der Waals surface area contributed by atoms with Gasteiger partial charge in [-0.3, -0.25) is 0 Å². The van der Waals surface area contributed by atoms with Crippen LogP contribution >= 0.6 is 11.3 Å². The quantitative estimate of drug-likeness (QED) is 0.636. The fourth-order valence-electron chi connectivity index (χ4n) is 1.64. The van der Waals surface area contributed by atoms with E-state index in [-0.39, 0.29) is 0 Å². The van der Waals surface area contributed by atoms with Gasteiger partial charge in [0.15, 0.2) is 5.75 Å². The third-order valence-corrected chi connectivity index (χ3v) is 3.29. The Morgan fingerprint density at radius 1 is 0.632 bits per heavy atom. The fourth-order valence-corrected chi connectivity index (χ4v) is 2.33. The zero-order valence-electron chi connectivity index (χ0n) is 10.2. The molecule has 0 unspecified atom stereocenters. The summed E-state index contributed by atoms with van der Waals surface area (Å²) >= 11 is 1.52. The molecule has 0 aliphatic carbocycles. The van der Waals surface area contributed by atoms with Crippen LogP contribution in [0.15, 0.2) is 72.1 Å². The van der Waals surface area contributed by atoms with E-state index in [0.29, 0.717) is 0 Å². The van der Waals surface area contributed by atoms with Crippen LogP contribution in [0.3, 0.4) is 0 Å². The molecule has 0 saturated heterocycles. The predicted molar refractivity (Wildman–Crippen MR) is 77.4 cm³/mol. The first-order chi connectivity index (χ1) is 9.42. The van der Waals surface area contributed by atoms with E-state index in [1.165, 1.54) is 11.3 Å². The molecular weight excluding hydrogens is 256 g/mol. The Hall–Kier alpha value is -2.26. The van der Waals surface area contributed by atoms with Crippen LogP contribution in [0.1, 0.15) is 0 Å². The van der Waals surface area contributed by atoms with Gasteiger partial charge in [0, 0.05) is 0 Å². The molecule has 2 aromatic carbocycles. The minimum absolute atomic E-state index is 0.736. The number of thiophene rings is 1. The number of benzene rings is 2. The Kier molecular flexibility index (Phi) is 3.47. The topological polar surface area (TPSA) is 18.5 Å². The van der Waals surface area contributed by atoms with Gasteiger partial charge in [0.05, 0.1) is 0 Å². The predicted octanol–water partition coefficient (Wildman–Crippen LogP) is 5.33. The third kappa shape index (κ3) is 2.95. The van der Waals surface area contributed by atoms with Crippen molar-refractivity contribution >= 4 is 11.3 Å². The van der Waals surface area contributed by atoms with Crippen molar-refractivity contribution in [3.05, 3.63) is 72.1 Å². The number of ether oxygens (including phenoxy) is 2. The average Bonchev–Trinajstić information content (AvgIpc) is 2.88. The second-order valence-corrected chi connectivity index (χ2v) is 4.78. The van der Waals surface area contributed by atoms with Gasteiger partial charge >= 0.3 is 0 Å². The Morgan fingerprint density at radius 3 is 1.84 bits per heavy atom. The molecule has 0 amide bonds. The van der Waals surface area contributed by atoms with Gasteiger partial charge in [-0.25, -0.2) is 0 Å². The van der Waals surface area contributed by atoms with Crippen LogP contribution in [0, 0.1) is 0 Å². The Labute approximate surface area is 115 Å². The van der Waals surface area contributed by atoms with Crippen LogP contribution in [0.25, 0.3) is 0 Å². The number of rotatable bonds is 4. The van der Waals surface area contributed by atoms with Gasteiger partial charge < -0.3 is 9.47 Å². The molecular formula is C16H12O2S. The van der Waals surface area contributed by atoms with Crippen LogP contribution < -0.4 is 9.47 Å². The van der Waals surface area contributed by atoms with Crippen LogP contribution in [0.5, 0.6) is 22.3 Å². The Bertz CT molecular complexity index is 576. The standard InChI is InChI=1S/C16H12O2S/c1-3-7-13(8-4-1)17-15-11-12-19-16(15)18-14-9-5-2-6-10-14/h1-12H. The monoisotopic (exact) mass is 268 g/mol. The van der Waals surface area contributed by atoms with Crippen molar-refractivity contribution in [3.63, 3.8) is 0 Å².